The first-order valence-electron chi connectivity index (χ1n) is 13.0. The minimum Gasteiger partial charge on any atom is -0.368 e. The number of nitrogens with zero attached hydrogens (tertiary/aromatic N) is 5. The van der Waals surface area contributed by atoms with E-state index in [2.05, 4.69) is 15.4 Å². The van der Waals surface area contributed by atoms with E-state index in [0.717, 1.165) is 11.0 Å². The van der Waals surface area contributed by atoms with Gasteiger partial charge in [0.05, 0.1) is 6.04 Å². The fraction of sp³-hybridized carbons (Fsp3) is 0.241. The largest absolute Gasteiger partial charge is 0.368 e. The number of benzene rings is 3. The molecule has 1 aliphatic heterocycles. The number of anilines is 4. The standard InChI is InChI=1S/C22H23F4N7O.C7H5ClO/c1-11-4-9-15(23)17(18(11)25)20(34)33-21(27)29-22(30-33)28-13-5-7-14(8-6-13)32-16(24)10-31(3)12(2)19(32)26;8-7(9)6-4-2-1-3-5-6/h4-9,12,16,19H,10H2,1-3H3,(H3,27,28,29,30);1-5H. The Labute approximate surface area is 249 Å². The molecule has 3 N–H and O–H groups in total. The average molecular weight is 618 g/mol. The van der Waals surface area contributed by atoms with Crippen molar-refractivity contribution in [2.45, 2.75) is 32.5 Å². The first-order chi connectivity index (χ1) is 20.4. The number of carbonyl (C=O) groups excluding carboxylic acids is 2. The van der Waals surface area contributed by atoms with Gasteiger partial charge < -0.3 is 16.0 Å². The Kier molecular flexibility index (Phi) is 9.66. The van der Waals surface area contributed by atoms with Crippen molar-refractivity contribution in [2.24, 2.45) is 0 Å². The quantitative estimate of drug-likeness (QED) is 0.167. The Hall–Kier alpha value is -4.49. The zero-order chi connectivity index (χ0) is 31.4. The Bertz CT molecular complexity index is 1600. The summed E-state index contributed by atoms with van der Waals surface area (Å²) in [5.41, 5.74) is 6.36. The molecule has 226 valence electrons. The number of nitrogens with two attached hydrogens (primary N) is 1. The van der Waals surface area contributed by atoms with E-state index in [1.165, 1.54) is 25.1 Å². The van der Waals surface area contributed by atoms with Gasteiger partial charge in [-0.15, -0.1) is 5.10 Å². The van der Waals surface area contributed by atoms with Gasteiger partial charge in [0.2, 0.25) is 11.9 Å². The minimum absolute atomic E-state index is 0.0678. The SMILES string of the molecule is Cc1ccc(F)c(C(=O)n2nc(Nc3ccc(N4C(F)CN(C)C(C)C4F)cc3)nc2N)c1F.O=C(Cl)c1ccccc1. The molecule has 0 saturated carbocycles. The number of halogens is 5. The molecule has 1 fully saturated rings. The number of likely N-dealkylation sites (N-methyl/N-ethyl adjacent to an activating group) is 1. The molecule has 5 rings (SSSR count). The number of aromatic nitrogens is 3. The van der Waals surface area contributed by atoms with Crippen LogP contribution in [0.3, 0.4) is 0 Å². The van der Waals surface area contributed by atoms with Crippen molar-refractivity contribution >= 4 is 46.0 Å². The fourth-order valence-electron chi connectivity index (χ4n) is 4.29. The van der Waals surface area contributed by atoms with Gasteiger partial charge in [0.1, 0.15) is 17.2 Å². The summed E-state index contributed by atoms with van der Waals surface area (Å²) in [6, 6.07) is 16.6. The molecule has 43 heavy (non-hydrogen) atoms. The van der Waals surface area contributed by atoms with E-state index in [0.29, 0.717) is 21.6 Å². The molecule has 9 nitrogen and oxygen atoms in total. The number of hydrogen-bond acceptors (Lipinski definition) is 8. The van der Waals surface area contributed by atoms with Crippen LogP contribution < -0.4 is 16.0 Å². The molecule has 3 unspecified atom stereocenters. The van der Waals surface area contributed by atoms with E-state index in [-0.39, 0.29) is 24.0 Å². The highest BCUT2D eigenvalue weighted by Crippen LogP contribution is 2.30. The Morgan fingerprint density at radius 2 is 1.67 bits per heavy atom. The van der Waals surface area contributed by atoms with E-state index in [1.807, 2.05) is 6.07 Å². The van der Waals surface area contributed by atoms with Crippen LogP contribution in [-0.4, -0.2) is 63.0 Å². The molecule has 1 aliphatic rings. The maximum Gasteiger partial charge on any atom is 0.287 e. The van der Waals surface area contributed by atoms with E-state index < -0.39 is 47.0 Å². The van der Waals surface area contributed by atoms with Crippen LogP contribution in [0.25, 0.3) is 0 Å². The van der Waals surface area contributed by atoms with Crippen molar-refractivity contribution in [2.75, 3.05) is 29.5 Å². The fourth-order valence-corrected chi connectivity index (χ4v) is 4.42. The van der Waals surface area contributed by atoms with Gasteiger partial charge in [-0.2, -0.15) is 9.67 Å². The number of hydrogen-bond donors (Lipinski definition) is 2. The second kappa shape index (κ2) is 13.2. The van der Waals surface area contributed by atoms with E-state index in [1.54, 1.807) is 55.3 Å². The number of nitrogens with one attached hydrogen (secondary N) is 1. The predicted molar refractivity (Wildman–Crippen MR) is 156 cm³/mol. The van der Waals surface area contributed by atoms with Crippen molar-refractivity contribution in [3.8, 4) is 0 Å². The van der Waals surface area contributed by atoms with Crippen LogP contribution in [0.15, 0.2) is 66.7 Å². The molecular formula is C29H28ClF4N7O2. The van der Waals surface area contributed by atoms with E-state index in [9.17, 15) is 27.2 Å². The van der Waals surface area contributed by atoms with Gasteiger partial charge in [-0.25, -0.2) is 17.6 Å². The highest BCUT2D eigenvalue weighted by atomic mass is 35.5. The zero-order valence-electron chi connectivity index (χ0n) is 23.3. The van der Waals surface area contributed by atoms with Gasteiger partial charge in [-0.3, -0.25) is 14.5 Å². The molecule has 2 heterocycles. The lowest BCUT2D eigenvalue weighted by Crippen LogP contribution is -2.59. The Balaban J connectivity index is 0.000000403. The molecular weight excluding hydrogens is 590 g/mol. The minimum atomic E-state index is -1.53. The number of carbonyl (C=O) groups is 2. The Morgan fingerprint density at radius 3 is 2.28 bits per heavy atom. The zero-order valence-corrected chi connectivity index (χ0v) is 24.1. The molecule has 0 aliphatic carbocycles. The van der Waals surface area contributed by atoms with Crippen LogP contribution in [0, 0.1) is 18.6 Å². The molecule has 0 spiro atoms. The van der Waals surface area contributed by atoms with Crippen LogP contribution in [0.5, 0.6) is 0 Å². The normalized spacial score (nSPS) is 18.5. The molecule has 1 saturated heterocycles. The molecule has 3 aromatic carbocycles. The van der Waals surface area contributed by atoms with Crippen molar-refractivity contribution < 1.29 is 27.2 Å². The summed E-state index contributed by atoms with van der Waals surface area (Å²) >= 11 is 5.16. The maximum absolute atomic E-state index is 14.7. The van der Waals surface area contributed by atoms with Gasteiger partial charge in [0.25, 0.3) is 11.1 Å². The van der Waals surface area contributed by atoms with Crippen LogP contribution in [0.1, 0.15) is 33.2 Å². The number of piperazine rings is 1. The second-order valence-corrected chi connectivity index (χ2v) is 10.1. The highest BCUT2D eigenvalue weighted by molar-refractivity contribution is 6.67. The summed E-state index contributed by atoms with van der Waals surface area (Å²) in [4.78, 5) is 29.7. The average Bonchev–Trinajstić information content (AvgIpc) is 3.35. The molecule has 0 amide bonds. The van der Waals surface area contributed by atoms with E-state index in [4.69, 9.17) is 17.3 Å². The molecule has 14 heteroatoms. The summed E-state index contributed by atoms with van der Waals surface area (Å²) in [6.07, 6.45) is -3.04. The van der Waals surface area contributed by atoms with Crippen molar-refractivity contribution in [3.05, 3.63) is 95.1 Å². The van der Waals surface area contributed by atoms with Gasteiger partial charge in [-0.05, 0) is 68.4 Å². The van der Waals surface area contributed by atoms with Gasteiger partial charge >= 0.3 is 0 Å². The maximum atomic E-state index is 14.7. The predicted octanol–water partition coefficient (Wildman–Crippen LogP) is 5.68. The molecule has 3 atom stereocenters. The monoisotopic (exact) mass is 617 g/mol. The molecule has 4 aromatic rings. The number of alkyl halides is 2. The number of rotatable bonds is 5. The topological polar surface area (TPSA) is 109 Å². The number of aryl methyl sites for hydroxylation is 1. The molecule has 1 aromatic heterocycles. The summed E-state index contributed by atoms with van der Waals surface area (Å²) in [7, 11) is 1.67. The summed E-state index contributed by atoms with van der Waals surface area (Å²) in [5.74, 6) is -3.66. The van der Waals surface area contributed by atoms with Crippen molar-refractivity contribution in [1.82, 2.24) is 19.7 Å². The van der Waals surface area contributed by atoms with E-state index >= 15 is 0 Å². The molecule has 0 radical (unpaired) electrons. The first-order valence-corrected chi connectivity index (χ1v) is 13.4. The van der Waals surface area contributed by atoms with Gasteiger partial charge in [0, 0.05) is 23.5 Å². The summed E-state index contributed by atoms with van der Waals surface area (Å²) in [5, 5.41) is 6.30. The van der Waals surface area contributed by atoms with Crippen molar-refractivity contribution in [3.63, 3.8) is 0 Å². The van der Waals surface area contributed by atoms with Crippen LogP contribution in [-0.2, 0) is 0 Å². The Morgan fingerprint density at radius 1 is 1.02 bits per heavy atom. The summed E-state index contributed by atoms with van der Waals surface area (Å²) in [6.45, 7) is 3.14. The summed E-state index contributed by atoms with van der Waals surface area (Å²) < 4.78 is 58.3. The van der Waals surface area contributed by atoms with Crippen LogP contribution in [0.4, 0.5) is 40.8 Å². The van der Waals surface area contributed by atoms with Crippen LogP contribution >= 0.6 is 11.6 Å². The first kappa shape index (κ1) is 31.4. The lowest BCUT2D eigenvalue weighted by molar-refractivity contribution is 0.0477. The van der Waals surface area contributed by atoms with Gasteiger partial charge in [0.15, 0.2) is 12.6 Å². The smallest absolute Gasteiger partial charge is 0.287 e. The lowest BCUT2D eigenvalue weighted by Gasteiger charge is -2.44. The van der Waals surface area contributed by atoms with Gasteiger partial charge in [-0.1, -0.05) is 36.4 Å². The van der Waals surface area contributed by atoms with Crippen LogP contribution in [0.2, 0.25) is 0 Å². The third kappa shape index (κ3) is 6.95. The highest BCUT2D eigenvalue weighted by Gasteiger charge is 2.38. The number of nitrogen functional groups attached to an aromatic ring is 1. The second-order valence-electron chi connectivity index (χ2n) is 9.77. The molecule has 0 bridgehead atoms. The lowest BCUT2D eigenvalue weighted by atomic mass is 10.1. The third-order valence-electron chi connectivity index (χ3n) is 6.84. The third-order valence-corrected chi connectivity index (χ3v) is 7.06. The van der Waals surface area contributed by atoms with Crippen molar-refractivity contribution in [1.29, 1.82) is 0 Å².